The van der Waals surface area contributed by atoms with E-state index in [0.717, 1.165) is 35.9 Å². The predicted molar refractivity (Wildman–Crippen MR) is 106 cm³/mol. The van der Waals surface area contributed by atoms with E-state index in [1.807, 2.05) is 33.7 Å². The molecule has 0 saturated carbocycles. The minimum atomic E-state index is 0.185. The first-order valence-electron chi connectivity index (χ1n) is 9.14. The number of carbonyl (C=O) groups excluding carboxylic acids is 1. The highest BCUT2D eigenvalue weighted by Crippen LogP contribution is 2.28. The van der Waals surface area contributed by atoms with Crippen molar-refractivity contribution in [2.24, 2.45) is 0 Å². The molecule has 1 aromatic heterocycles. The van der Waals surface area contributed by atoms with E-state index in [1.165, 1.54) is 18.2 Å². The molecule has 2 aromatic rings. The highest BCUT2D eigenvalue weighted by Gasteiger charge is 2.29. The summed E-state index contributed by atoms with van der Waals surface area (Å²) in [4.78, 5) is 14.8. The molecule has 2 unspecified atom stereocenters. The molecule has 26 heavy (non-hydrogen) atoms. The van der Waals surface area contributed by atoms with Crippen LogP contribution in [0.1, 0.15) is 40.0 Å². The maximum Gasteiger partial charge on any atom is 0.233 e. The quantitative estimate of drug-likeness (QED) is 0.703. The first-order chi connectivity index (χ1) is 12.5. The molecule has 1 aromatic carbocycles. The Kier molecular flexibility index (Phi) is 6.24. The Hall–Kier alpha value is -1.53. The SMILES string of the molecule is CCn1c(SCC(=O)N2C(C)CCCC2C)nnc1-c1cccc(Cl)c1. The van der Waals surface area contributed by atoms with Gasteiger partial charge in [-0.2, -0.15) is 0 Å². The molecule has 0 spiro atoms. The number of hydrogen-bond acceptors (Lipinski definition) is 4. The number of hydrogen-bond donors (Lipinski definition) is 0. The topological polar surface area (TPSA) is 51.0 Å². The number of carbonyl (C=O) groups is 1. The highest BCUT2D eigenvalue weighted by molar-refractivity contribution is 7.99. The van der Waals surface area contributed by atoms with Gasteiger partial charge in [0.05, 0.1) is 5.75 Å². The molecule has 0 aliphatic carbocycles. The average molecular weight is 393 g/mol. The molecule has 7 heteroatoms. The van der Waals surface area contributed by atoms with E-state index in [9.17, 15) is 4.79 Å². The van der Waals surface area contributed by atoms with Gasteiger partial charge in [-0.3, -0.25) is 4.79 Å². The van der Waals surface area contributed by atoms with Crippen LogP contribution in [0.15, 0.2) is 29.4 Å². The van der Waals surface area contributed by atoms with Crippen LogP contribution in [0, 0.1) is 0 Å². The van der Waals surface area contributed by atoms with Gasteiger partial charge >= 0.3 is 0 Å². The van der Waals surface area contributed by atoms with E-state index in [4.69, 9.17) is 11.6 Å². The van der Waals surface area contributed by atoms with Gasteiger partial charge in [-0.05, 0) is 52.2 Å². The van der Waals surface area contributed by atoms with Crippen molar-refractivity contribution >= 4 is 29.3 Å². The molecule has 5 nitrogen and oxygen atoms in total. The Morgan fingerprint density at radius 1 is 1.27 bits per heavy atom. The van der Waals surface area contributed by atoms with E-state index >= 15 is 0 Å². The number of rotatable bonds is 5. The lowest BCUT2D eigenvalue weighted by Crippen LogP contribution is -2.48. The van der Waals surface area contributed by atoms with Crippen LogP contribution in [-0.2, 0) is 11.3 Å². The van der Waals surface area contributed by atoms with Crippen LogP contribution < -0.4 is 0 Å². The molecule has 1 aliphatic heterocycles. The van der Waals surface area contributed by atoms with Crippen molar-refractivity contribution in [3.05, 3.63) is 29.3 Å². The Labute approximate surface area is 164 Å². The minimum Gasteiger partial charge on any atom is -0.337 e. The van der Waals surface area contributed by atoms with E-state index < -0.39 is 0 Å². The predicted octanol–water partition coefficient (Wildman–Crippen LogP) is 4.50. The van der Waals surface area contributed by atoms with Gasteiger partial charge in [0.2, 0.25) is 5.91 Å². The molecule has 3 rings (SSSR count). The summed E-state index contributed by atoms with van der Waals surface area (Å²) in [6.07, 6.45) is 3.38. The van der Waals surface area contributed by atoms with Crippen LogP contribution in [0.25, 0.3) is 11.4 Å². The lowest BCUT2D eigenvalue weighted by atomic mass is 9.98. The van der Waals surface area contributed by atoms with E-state index in [1.54, 1.807) is 0 Å². The largest absolute Gasteiger partial charge is 0.337 e. The molecule has 1 amide bonds. The molecule has 0 bridgehead atoms. The van der Waals surface area contributed by atoms with Gasteiger partial charge in [-0.25, -0.2) is 0 Å². The first kappa shape index (κ1) is 19.2. The maximum atomic E-state index is 12.7. The summed E-state index contributed by atoms with van der Waals surface area (Å²) in [5.74, 6) is 1.36. The Bertz CT molecular complexity index is 769. The van der Waals surface area contributed by atoms with Gasteiger partial charge in [-0.1, -0.05) is 35.5 Å². The molecular weight excluding hydrogens is 368 g/mol. The fourth-order valence-electron chi connectivity index (χ4n) is 3.64. The van der Waals surface area contributed by atoms with Crippen LogP contribution in [0.4, 0.5) is 0 Å². The molecule has 2 heterocycles. The molecule has 0 radical (unpaired) electrons. The minimum absolute atomic E-state index is 0.185. The third kappa shape index (κ3) is 4.07. The number of amides is 1. The van der Waals surface area contributed by atoms with Gasteiger partial charge in [0.1, 0.15) is 0 Å². The van der Waals surface area contributed by atoms with Crippen molar-refractivity contribution in [2.45, 2.75) is 63.8 Å². The second-order valence-electron chi connectivity index (χ2n) is 6.78. The lowest BCUT2D eigenvalue weighted by Gasteiger charge is -2.39. The van der Waals surface area contributed by atoms with Gasteiger partial charge in [-0.15, -0.1) is 10.2 Å². The standard InChI is InChI=1S/C19H25ClN4OS/c1-4-23-18(15-9-6-10-16(20)11-15)21-22-19(23)26-12-17(25)24-13(2)7-5-8-14(24)3/h6,9-11,13-14H,4-5,7-8,12H2,1-3H3. The third-order valence-electron chi connectivity index (χ3n) is 4.92. The van der Waals surface area contributed by atoms with E-state index in [2.05, 4.69) is 31.0 Å². The Morgan fingerprint density at radius 2 is 2.00 bits per heavy atom. The average Bonchev–Trinajstić information content (AvgIpc) is 3.02. The van der Waals surface area contributed by atoms with Crippen molar-refractivity contribution in [1.29, 1.82) is 0 Å². The van der Waals surface area contributed by atoms with Crippen molar-refractivity contribution in [3.63, 3.8) is 0 Å². The van der Waals surface area contributed by atoms with Gasteiger partial charge in [0.25, 0.3) is 0 Å². The second kappa shape index (κ2) is 8.44. The van der Waals surface area contributed by atoms with Crippen LogP contribution in [0.2, 0.25) is 5.02 Å². The van der Waals surface area contributed by atoms with Gasteiger partial charge < -0.3 is 9.47 Å². The number of thioether (sulfide) groups is 1. The number of likely N-dealkylation sites (tertiary alicyclic amines) is 1. The summed E-state index contributed by atoms with van der Waals surface area (Å²) in [7, 11) is 0. The molecule has 1 fully saturated rings. The monoisotopic (exact) mass is 392 g/mol. The lowest BCUT2D eigenvalue weighted by molar-refractivity contribution is -0.134. The summed E-state index contributed by atoms with van der Waals surface area (Å²) >= 11 is 7.56. The summed E-state index contributed by atoms with van der Waals surface area (Å²) in [6.45, 7) is 7.08. The normalized spacial score (nSPS) is 20.4. The molecule has 0 N–H and O–H groups in total. The molecule has 1 aliphatic rings. The van der Waals surface area contributed by atoms with Crippen LogP contribution in [0.3, 0.4) is 0 Å². The van der Waals surface area contributed by atoms with Gasteiger partial charge in [0.15, 0.2) is 11.0 Å². The number of aromatic nitrogens is 3. The van der Waals surface area contributed by atoms with E-state index in [-0.39, 0.29) is 5.91 Å². The maximum absolute atomic E-state index is 12.7. The van der Waals surface area contributed by atoms with Gasteiger partial charge in [0, 0.05) is 29.2 Å². The van der Waals surface area contributed by atoms with Crippen molar-refractivity contribution in [2.75, 3.05) is 5.75 Å². The summed E-state index contributed by atoms with van der Waals surface area (Å²) in [6, 6.07) is 8.23. The zero-order chi connectivity index (χ0) is 18.7. The fraction of sp³-hybridized carbons (Fsp3) is 0.526. The summed E-state index contributed by atoms with van der Waals surface area (Å²) in [5, 5.41) is 10.1. The zero-order valence-corrected chi connectivity index (χ0v) is 17.1. The molecule has 2 atom stereocenters. The number of halogens is 1. The number of nitrogens with zero attached hydrogens (tertiary/aromatic N) is 4. The van der Waals surface area contributed by atoms with E-state index in [0.29, 0.717) is 22.9 Å². The molecular formula is C19H25ClN4OS. The third-order valence-corrected chi connectivity index (χ3v) is 6.11. The molecule has 140 valence electrons. The molecule has 1 saturated heterocycles. The fourth-order valence-corrected chi connectivity index (χ4v) is 4.70. The van der Waals surface area contributed by atoms with Crippen molar-refractivity contribution < 1.29 is 4.79 Å². The number of piperidine rings is 1. The van der Waals surface area contributed by atoms with Crippen LogP contribution in [0.5, 0.6) is 0 Å². The summed E-state index contributed by atoms with van der Waals surface area (Å²) < 4.78 is 2.03. The van der Waals surface area contributed by atoms with Crippen LogP contribution >= 0.6 is 23.4 Å². The van der Waals surface area contributed by atoms with Crippen molar-refractivity contribution in [1.82, 2.24) is 19.7 Å². The Morgan fingerprint density at radius 3 is 2.65 bits per heavy atom. The second-order valence-corrected chi connectivity index (χ2v) is 8.16. The number of benzene rings is 1. The first-order valence-corrected chi connectivity index (χ1v) is 10.5. The smallest absolute Gasteiger partial charge is 0.233 e. The highest BCUT2D eigenvalue weighted by atomic mass is 35.5. The Balaban J connectivity index is 1.73. The van der Waals surface area contributed by atoms with Crippen LogP contribution in [-0.4, -0.2) is 43.4 Å². The van der Waals surface area contributed by atoms with Crippen molar-refractivity contribution in [3.8, 4) is 11.4 Å². The zero-order valence-electron chi connectivity index (χ0n) is 15.5. The summed E-state index contributed by atoms with van der Waals surface area (Å²) in [5.41, 5.74) is 0.934.